The average molecular weight is 154 g/mol. The van der Waals surface area contributed by atoms with E-state index in [4.69, 9.17) is 0 Å². The maximum absolute atomic E-state index is 3.26. The summed E-state index contributed by atoms with van der Waals surface area (Å²) in [7, 11) is 2.16. The second-order valence-corrected chi connectivity index (χ2v) is 3.32. The predicted octanol–water partition coefficient (Wildman–Crippen LogP) is 0.858. The summed E-state index contributed by atoms with van der Waals surface area (Å²) in [6.45, 7) is 8.93. The van der Waals surface area contributed by atoms with Gasteiger partial charge < -0.3 is 10.2 Å². The van der Waals surface area contributed by atoms with Crippen LogP contribution >= 0.6 is 0 Å². The van der Waals surface area contributed by atoms with Gasteiger partial charge in [0.15, 0.2) is 0 Å². The van der Waals surface area contributed by atoms with Crippen molar-refractivity contribution in [2.45, 2.75) is 13.8 Å². The van der Waals surface area contributed by atoms with Crippen molar-refractivity contribution in [3.05, 3.63) is 11.1 Å². The Labute approximate surface area is 69.3 Å². The predicted molar refractivity (Wildman–Crippen MR) is 48.7 cm³/mol. The van der Waals surface area contributed by atoms with Gasteiger partial charge in [-0.1, -0.05) is 12.5 Å². The SMILES string of the molecule is CCN(C)CC(C)=C1CNC1. The molecule has 1 rings (SSSR count). The van der Waals surface area contributed by atoms with Crippen LogP contribution in [0.5, 0.6) is 0 Å². The van der Waals surface area contributed by atoms with Crippen LogP contribution in [-0.4, -0.2) is 38.1 Å². The summed E-state index contributed by atoms with van der Waals surface area (Å²) in [5.74, 6) is 0. The summed E-state index contributed by atoms with van der Waals surface area (Å²) in [6, 6.07) is 0. The van der Waals surface area contributed by atoms with Gasteiger partial charge in [0.1, 0.15) is 0 Å². The van der Waals surface area contributed by atoms with Crippen molar-refractivity contribution in [3.63, 3.8) is 0 Å². The molecule has 2 heteroatoms. The molecule has 1 saturated heterocycles. The average Bonchev–Trinajstić information content (AvgIpc) is 1.83. The first kappa shape index (κ1) is 8.75. The first-order chi connectivity index (χ1) is 5.24. The molecule has 2 nitrogen and oxygen atoms in total. The van der Waals surface area contributed by atoms with Crippen LogP contribution in [0, 0.1) is 0 Å². The zero-order chi connectivity index (χ0) is 8.27. The third kappa shape index (κ3) is 2.31. The number of likely N-dealkylation sites (N-methyl/N-ethyl adjacent to an activating group) is 1. The molecule has 11 heavy (non-hydrogen) atoms. The number of rotatable bonds is 3. The molecule has 1 N–H and O–H groups in total. The molecular weight excluding hydrogens is 136 g/mol. The van der Waals surface area contributed by atoms with Crippen LogP contribution in [0.25, 0.3) is 0 Å². The summed E-state index contributed by atoms with van der Waals surface area (Å²) in [5.41, 5.74) is 3.15. The molecule has 0 saturated carbocycles. The highest BCUT2D eigenvalue weighted by Gasteiger charge is 2.10. The molecule has 0 radical (unpaired) electrons. The van der Waals surface area contributed by atoms with Gasteiger partial charge in [-0.25, -0.2) is 0 Å². The first-order valence-electron chi connectivity index (χ1n) is 4.30. The van der Waals surface area contributed by atoms with E-state index in [1.165, 1.54) is 0 Å². The molecule has 0 aliphatic carbocycles. The van der Waals surface area contributed by atoms with Crippen LogP contribution in [0.15, 0.2) is 11.1 Å². The lowest BCUT2D eigenvalue weighted by atomic mass is 10.0. The highest BCUT2D eigenvalue weighted by molar-refractivity contribution is 5.22. The molecule has 0 unspecified atom stereocenters. The van der Waals surface area contributed by atoms with Gasteiger partial charge in [0.05, 0.1) is 0 Å². The highest BCUT2D eigenvalue weighted by Crippen LogP contribution is 2.09. The third-order valence-corrected chi connectivity index (χ3v) is 2.33. The second-order valence-electron chi connectivity index (χ2n) is 3.32. The molecule has 1 fully saturated rings. The largest absolute Gasteiger partial charge is 0.309 e. The Morgan fingerprint density at radius 3 is 2.55 bits per heavy atom. The summed E-state index contributed by atoms with van der Waals surface area (Å²) < 4.78 is 0. The van der Waals surface area contributed by atoms with Crippen molar-refractivity contribution in [3.8, 4) is 0 Å². The topological polar surface area (TPSA) is 15.3 Å². The molecule has 0 amide bonds. The van der Waals surface area contributed by atoms with Gasteiger partial charge in [-0.15, -0.1) is 0 Å². The van der Waals surface area contributed by atoms with Crippen molar-refractivity contribution >= 4 is 0 Å². The molecule has 1 aliphatic heterocycles. The minimum atomic E-state index is 1.11. The molecule has 0 spiro atoms. The maximum atomic E-state index is 3.26. The number of nitrogens with one attached hydrogen (secondary N) is 1. The number of hydrogen-bond acceptors (Lipinski definition) is 2. The van der Waals surface area contributed by atoms with Gasteiger partial charge in [-0.2, -0.15) is 0 Å². The van der Waals surface area contributed by atoms with Gasteiger partial charge in [-0.05, 0) is 26.1 Å². The molecule has 0 bridgehead atoms. The fraction of sp³-hybridized carbons (Fsp3) is 0.778. The summed E-state index contributed by atoms with van der Waals surface area (Å²) >= 11 is 0. The Morgan fingerprint density at radius 2 is 2.18 bits per heavy atom. The minimum Gasteiger partial charge on any atom is -0.309 e. The summed E-state index contributed by atoms with van der Waals surface area (Å²) in [6.07, 6.45) is 0. The number of nitrogens with zero attached hydrogens (tertiary/aromatic N) is 1. The van der Waals surface area contributed by atoms with Gasteiger partial charge >= 0.3 is 0 Å². The van der Waals surface area contributed by atoms with Crippen molar-refractivity contribution in [1.82, 2.24) is 10.2 Å². The Morgan fingerprint density at radius 1 is 1.55 bits per heavy atom. The van der Waals surface area contributed by atoms with Crippen LogP contribution in [0.4, 0.5) is 0 Å². The summed E-state index contributed by atoms with van der Waals surface area (Å²) in [4.78, 5) is 2.33. The third-order valence-electron chi connectivity index (χ3n) is 2.33. The Balaban J connectivity index is 2.35. The minimum absolute atomic E-state index is 1.11. The Kier molecular flexibility index (Phi) is 3.09. The lowest BCUT2D eigenvalue weighted by Crippen LogP contribution is -2.36. The molecule has 0 aromatic heterocycles. The van der Waals surface area contributed by atoms with Crippen molar-refractivity contribution in [2.24, 2.45) is 0 Å². The van der Waals surface area contributed by atoms with E-state index >= 15 is 0 Å². The van der Waals surface area contributed by atoms with Crippen LogP contribution in [0.1, 0.15) is 13.8 Å². The lowest BCUT2D eigenvalue weighted by molar-refractivity contribution is 0.380. The molecule has 1 aliphatic rings. The first-order valence-corrected chi connectivity index (χ1v) is 4.30. The van der Waals surface area contributed by atoms with Crippen LogP contribution < -0.4 is 5.32 Å². The van der Waals surface area contributed by atoms with Crippen LogP contribution in [0.3, 0.4) is 0 Å². The van der Waals surface area contributed by atoms with Crippen LogP contribution in [0.2, 0.25) is 0 Å². The quantitative estimate of drug-likeness (QED) is 0.606. The molecule has 0 atom stereocenters. The molecule has 0 aromatic carbocycles. The monoisotopic (exact) mass is 154 g/mol. The van der Waals surface area contributed by atoms with E-state index in [-0.39, 0.29) is 0 Å². The standard InChI is InChI=1S/C9H18N2/c1-4-11(3)7-8(2)9-5-10-6-9/h10H,4-7H2,1-3H3. The van der Waals surface area contributed by atoms with Crippen molar-refractivity contribution < 1.29 is 0 Å². The van der Waals surface area contributed by atoms with Crippen molar-refractivity contribution in [2.75, 3.05) is 33.2 Å². The smallest absolute Gasteiger partial charge is 0.0190 e. The van der Waals surface area contributed by atoms with E-state index in [0.29, 0.717) is 0 Å². The Bertz CT molecular complexity index is 155. The Hall–Kier alpha value is -0.340. The molecular formula is C9H18N2. The van der Waals surface area contributed by atoms with Crippen LogP contribution in [-0.2, 0) is 0 Å². The van der Waals surface area contributed by atoms with Crippen molar-refractivity contribution in [1.29, 1.82) is 0 Å². The van der Waals surface area contributed by atoms with E-state index in [2.05, 4.69) is 31.1 Å². The van der Waals surface area contributed by atoms with E-state index in [0.717, 1.165) is 26.2 Å². The van der Waals surface area contributed by atoms with E-state index in [1.54, 1.807) is 11.1 Å². The normalized spacial score (nSPS) is 16.9. The molecule has 1 heterocycles. The summed E-state index contributed by atoms with van der Waals surface area (Å²) in [5, 5.41) is 3.26. The zero-order valence-electron chi connectivity index (χ0n) is 7.78. The number of hydrogen-bond donors (Lipinski definition) is 1. The van der Waals surface area contributed by atoms with Gasteiger partial charge in [0.2, 0.25) is 0 Å². The molecule has 0 aromatic rings. The van der Waals surface area contributed by atoms with E-state index in [1.807, 2.05) is 0 Å². The fourth-order valence-corrected chi connectivity index (χ4v) is 1.18. The molecule has 64 valence electrons. The van der Waals surface area contributed by atoms with E-state index < -0.39 is 0 Å². The maximum Gasteiger partial charge on any atom is 0.0190 e. The highest BCUT2D eigenvalue weighted by atomic mass is 15.1. The fourth-order valence-electron chi connectivity index (χ4n) is 1.18. The second kappa shape index (κ2) is 3.88. The lowest BCUT2D eigenvalue weighted by Gasteiger charge is -2.24. The van der Waals surface area contributed by atoms with Gasteiger partial charge in [-0.3, -0.25) is 0 Å². The van der Waals surface area contributed by atoms with E-state index in [9.17, 15) is 0 Å². The zero-order valence-corrected chi connectivity index (χ0v) is 7.78. The van der Waals surface area contributed by atoms with Gasteiger partial charge in [0, 0.05) is 19.6 Å². The van der Waals surface area contributed by atoms with Gasteiger partial charge in [0.25, 0.3) is 0 Å².